The fourth-order valence-corrected chi connectivity index (χ4v) is 4.33. The van der Waals surface area contributed by atoms with E-state index in [4.69, 9.17) is 4.42 Å². The molecule has 0 radical (unpaired) electrons. The lowest BCUT2D eigenvalue weighted by molar-refractivity contribution is -0.131. The Bertz CT molecular complexity index is 1010. The summed E-state index contributed by atoms with van der Waals surface area (Å²) in [5.41, 5.74) is 5.12. The zero-order chi connectivity index (χ0) is 19.1. The molecule has 0 unspecified atom stereocenters. The molecule has 3 heterocycles. The summed E-state index contributed by atoms with van der Waals surface area (Å²) in [5.74, 6) is 2.77. The van der Waals surface area contributed by atoms with Gasteiger partial charge in [-0.3, -0.25) is 9.89 Å². The van der Waals surface area contributed by atoms with E-state index in [1.165, 1.54) is 16.7 Å². The lowest BCUT2D eigenvalue weighted by Crippen LogP contribution is -2.49. The summed E-state index contributed by atoms with van der Waals surface area (Å²) in [6.45, 7) is 4.95. The van der Waals surface area contributed by atoms with Crippen LogP contribution >= 0.6 is 0 Å². The van der Waals surface area contributed by atoms with Gasteiger partial charge in [-0.1, -0.05) is 24.3 Å². The quantitative estimate of drug-likeness (QED) is 0.763. The third kappa shape index (κ3) is 2.99. The molecule has 0 spiro atoms. The third-order valence-electron chi connectivity index (χ3n) is 5.83. The summed E-state index contributed by atoms with van der Waals surface area (Å²) < 4.78 is 5.54. The highest BCUT2D eigenvalue weighted by molar-refractivity contribution is 5.79. The molecule has 1 amide bonds. The molecule has 0 saturated carbocycles. The first-order valence-electron chi connectivity index (χ1n) is 9.92. The molecule has 1 aliphatic heterocycles. The molecule has 2 aliphatic rings. The smallest absolute Gasteiger partial charge is 0.230 e. The van der Waals surface area contributed by atoms with Crippen LogP contribution in [0.3, 0.4) is 0 Å². The highest BCUT2D eigenvalue weighted by atomic mass is 16.3. The van der Waals surface area contributed by atoms with Crippen molar-refractivity contribution in [2.24, 2.45) is 0 Å². The maximum absolute atomic E-state index is 12.6. The second-order valence-corrected chi connectivity index (χ2v) is 7.61. The molecule has 5 rings (SSSR count). The van der Waals surface area contributed by atoms with Gasteiger partial charge in [0.1, 0.15) is 11.5 Å². The van der Waals surface area contributed by atoms with Gasteiger partial charge in [-0.05, 0) is 37.5 Å². The van der Waals surface area contributed by atoms with Crippen molar-refractivity contribution in [3.05, 3.63) is 59.0 Å². The number of furan rings is 1. The number of amides is 1. The van der Waals surface area contributed by atoms with Crippen LogP contribution in [0.5, 0.6) is 0 Å². The van der Waals surface area contributed by atoms with Gasteiger partial charge >= 0.3 is 0 Å². The van der Waals surface area contributed by atoms with Crippen LogP contribution in [0.25, 0.3) is 11.3 Å². The van der Waals surface area contributed by atoms with Gasteiger partial charge < -0.3 is 14.2 Å². The number of carbonyl (C=O) groups excluding carboxylic acids is 1. The number of aromatic nitrogens is 2. The van der Waals surface area contributed by atoms with Crippen LogP contribution in [0.4, 0.5) is 5.82 Å². The number of aryl methyl sites for hydroxylation is 2. The largest absolute Gasteiger partial charge is 0.466 e. The summed E-state index contributed by atoms with van der Waals surface area (Å²) in [5, 5.41) is 7.91. The van der Waals surface area contributed by atoms with Crippen LogP contribution < -0.4 is 4.90 Å². The van der Waals surface area contributed by atoms with Gasteiger partial charge in [0.2, 0.25) is 5.91 Å². The van der Waals surface area contributed by atoms with Gasteiger partial charge in [-0.25, -0.2) is 0 Å². The van der Waals surface area contributed by atoms with E-state index in [9.17, 15) is 4.79 Å². The van der Waals surface area contributed by atoms with Crippen molar-refractivity contribution in [1.82, 2.24) is 15.1 Å². The average molecular weight is 376 g/mol. The highest BCUT2D eigenvalue weighted by Gasteiger charge is 2.28. The molecule has 0 bridgehead atoms. The Balaban J connectivity index is 1.27. The van der Waals surface area contributed by atoms with E-state index < -0.39 is 0 Å². The van der Waals surface area contributed by atoms with Gasteiger partial charge in [0, 0.05) is 37.3 Å². The van der Waals surface area contributed by atoms with Gasteiger partial charge in [0.15, 0.2) is 5.82 Å². The van der Waals surface area contributed by atoms with E-state index in [0.29, 0.717) is 6.42 Å². The topological polar surface area (TPSA) is 65.4 Å². The van der Waals surface area contributed by atoms with Crippen LogP contribution in [-0.2, 0) is 24.1 Å². The Labute approximate surface area is 164 Å². The van der Waals surface area contributed by atoms with Crippen molar-refractivity contribution < 1.29 is 9.21 Å². The number of H-pyrrole nitrogens is 1. The summed E-state index contributed by atoms with van der Waals surface area (Å²) in [6.07, 6.45) is 2.40. The molecule has 3 aromatic rings. The Morgan fingerprint density at radius 2 is 1.93 bits per heavy atom. The lowest BCUT2D eigenvalue weighted by atomic mass is 9.90. The first-order valence-corrected chi connectivity index (χ1v) is 9.92. The van der Waals surface area contributed by atoms with E-state index in [0.717, 1.165) is 62.1 Å². The molecule has 1 saturated heterocycles. The summed E-state index contributed by atoms with van der Waals surface area (Å²) in [6, 6.07) is 12.3. The Morgan fingerprint density at radius 1 is 1.11 bits per heavy atom. The second kappa shape index (κ2) is 6.86. The van der Waals surface area contributed by atoms with E-state index in [1.807, 2.05) is 24.0 Å². The minimum Gasteiger partial charge on any atom is -0.466 e. The molecule has 28 heavy (non-hydrogen) atoms. The predicted octanol–water partition coefficient (Wildman–Crippen LogP) is 2.97. The molecule has 144 valence electrons. The van der Waals surface area contributed by atoms with Crippen molar-refractivity contribution in [1.29, 1.82) is 0 Å². The third-order valence-corrected chi connectivity index (χ3v) is 5.83. The first kappa shape index (κ1) is 17.1. The monoisotopic (exact) mass is 376 g/mol. The molecule has 1 fully saturated rings. The maximum atomic E-state index is 12.6. The standard InChI is InChI=1S/C22H24N4O2/c1-15-6-8-17(28-15)14-20(27)25-10-12-26(13-11-25)22-19-9-7-16-4-2-3-5-18(16)21(19)23-24-22/h2-6,8H,7,9-14H2,1H3,(H,23,24). The normalized spacial score (nSPS) is 16.0. The molecule has 0 atom stereocenters. The zero-order valence-corrected chi connectivity index (χ0v) is 16.1. The molecular weight excluding hydrogens is 352 g/mol. The lowest BCUT2D eigenvalue weighted by Gasteiger charge is -2.35. The van der Waals surface area contributed by atoms with E-state index in [1.54, 1.807) is 0 Å². The van der Waals surface area contributed by atoms with Crippen LogP contribution in [0.1, 0.15) is 22.6 Å². The Morgan fingerprint density at radius 3 is 2.71 bits per heavy atom. The summed E-state index contributed by atoms with van der Waals surface area (Å²) in [4.78, 5) is 16.8. The van der Waals surface area contributed by atoms with E-state index in [-0.39, 0.29) is 5.91 Å². The number of fused-ring (bicyclic) bond motifs is 3. The first-order chi connectivity index (χ1) is 13.7. The van der Waals surface area contributed by atoms with Crippen molar-refractivity contribution in [3.63, 3.8) is 0 Å². The summed E-state index contributed by atoms with van der Waals surface area (Å²) >= 11 is 0. The molecule has 2 aromatic heterocycles. The van der Waals surface area contributed by atoms with Crippen LogP contribution in [-0.4, -0.2) is 47.2 Å². The number of carbonyl (C=O) groups is 1. The van der Waals surface area contributed by atoms with Crippen molar-refractivity contribution in [2.45, 2.75) is 26.2 Å². The number of hydrogen-bond donors (Lipinski definition) is 1. The van der Waals surface area contributed by atoms with Crippen molar-refractivity contribution >= 4 is 11.7 Å². The molecule has 1 aromatic carbocycles. The van der Waals surface area contributed by atoms with Gasteiger partial charge in [-0.15, -0.1) is 0 Å². The number of anilines is 1. The number of hydrogen-bond acceptors (Lipinski definition) is 4. The number of piperazine rings is 1. The highest BCUT2D eigenvalue weighted by Crippen LogP contribution is 2.36. The molecule has 6 nitrogen and oxygen atoms in total. The van der Waals surface area contributed by atoms with Crippen LogP contribution in [0.15, 0.2) is 40.8 Å². The minimum absolute atomic E-state index is 0.131. The molecular formula is C22H24N4O2. The van der Waals surface area contributed by atoms with Gasteiger partial charge in [0.05, 0.1) is 12.1 Å². The SMILES string of the molecule is Cc1ccc(CC(=O)N2CCN(c3n[nH]c4c3CCc3ccccc3-4)CC2)o1. The minimum atomic E-state index is 0.131. The fourth-order valence-electron chi connectivity index (χ4n) is 4.33. The second-order valence-electron chi connectivity index (χ2n) is 7.61. The average Bonchev–Trinajstić information content (AvgIpc) is 3.34. The van der Waals surface area contributed by atoms with Gasteiger partial charge in [-0.2, -0.15) is 5.10 Å². The number of benzene rings is 1. The maximum Gasteiger partial charge on any atom is 0.230 e. The van der Waals surface area contributed by atoms with Crippen LogP contribution in [0.2, 0.25) is 0 Å². The number of nitrogens with zero attached hydrogens (tertiary/aromatic N) is 3. The zero-order valence-electron chi connectivity index (χ0n) is 16.1. The molecule has 6 heteroatoms. The Hall–Kier alpha value is -3.02. The number of nitrogens with one attached hydrogen (secondary N) is 1. The van der Waals surface area contributed by atoms with E-state index >= 15 is 0 Å². The van der Waals surface area contributed by atoms with Crippen LogP contribution in [0, 0.1) is 6.92 Å². The van der Waals surface area contributed by atoms with Gasteiger partial charge in [0.25, 0.3) is 0 Å². The Kier molecular flexibility index (Phi) is 4.19. The summed E-state index contributed by atoms with van der Waals surface area (Å²) in [7, 11) is 0. The number of aromatic amines is 1. The molecule has 1 N–H and O–H groups in total. The molecule has 1 aliphatic carbocycles. The van der Waals surface area contributed by atoms with E-state index in [2.05, 4.69) is 39.4 Å². The fraction of sp³-hybridized carbons (Fsp3) is 0.364. The predicted molar refractivity (Wildman–Crippen MR) is 107 cm³/mol. The van der Waals surface area contributed by atoms with Crippen molar-refractivity contribution in [3.8, 4) is 11.3 Å². The van der Waals surface area contributed by atoms with Crippen molar-refractivity contribution in [2.75, 3.05) is 31.1 Å². The number of rotatable bonds is 3.